The van der Waals surface area contributed by atoms with Crippen LogP contribution in [0.1, 0.15) is 31.5 Å². The highest BCUT2D eigenvalue weighted by molar-refractivity contribution is 7.89. The second kappa shape index (κ2) is 5.30. The number of sulfonamides is 1. The van der Waals surface area contributed by atoms with Gasteiger partial charge in [-0.1, -0.05) is 12.8 Å². The fraction of sp³-hybridized carbons (Fsp3) is 0.636. The number of hydrogen-bond donors (Lipinski definition) is 2. The molecule has 0 amide bonds. The molecular weight excluding hydrogens is 270 g/mol. The number of nitrogens with one attached hydrogen (secondary N) is 1. The smallest absolute Gasteiger partial charge is 0.322 e. The molecule has 2 N–H and O–H groups in total. The molecule has 1 aromatic heterocycles. The Bertz CT molecular complexity index is 566. The maximum absolute atomic E-state index is 12.5. The molecule has 106 valence electrons. The first-order chi connectivity index (χ1) is 8.93. The van der Waals surface area contributed by atoms with E-state index >= 15 is 0 Å². The monoisotopic (exact) mass is 287 g/mol. The first-order valence-corrected chi connectivity index (χ1v) is 7.63. The fourth-order valence-electron chi connectivity index (χ4n) is 2.27. The molecular formula is C11H17N3O4S. The van der Waals surface area contributed by atoms with Crippen LogP contribution in [0.2, 0.25) is 0 Å². The summed E-state index contributed by atoms with van der Waals surface area (Å²) in [6.07, 6.45) is 3.83. The number of aromatic nitrogens is 2. The largest absolute Gasteiger partial charge is 0.480 e. The minimum absolute atomic E-state index is 0.0434. The highest BCUT2D eigenvalue weighted by Gasteiger charge is 2.37. The van der Waals surface area contributed by atoms with E-state index < -0.39 is 22.0 Å². The Morgan fingerprint density at radius 1 is 1.47 bits per heavy atom. The van der Waals surface area contributed by atoms with Crippen LogP contribution in [0.4, 0.5) is 0 Å². The fourth-order valence-corrected chi connectivity index (χ4v) is 3.89. The van der Waals surface area contributed by atoms with Crippen LogP contribution in [0.5, 0.6) is 0 Å². The molecule has 1 atom stereocenters. The van der Waals surface area contributed by atoms with Crippen LogP contribution < -0.4 is 0 Å². The highest BCUT2D eigenvalue weighted by atomic mass is 32.2. The molecule has 2 heterocycles. The van der Waals surface area contributed by atoms with Gasteiger partial charge >= 0.3 is 5.97 Å². The molecule has 1 saturated heterocycles. The molecule has 0 aliphatic carbocycles. The van der Waals surface area contributed by atoms with Crippen molar-refractivity contribution in [2.24, 2.45) is 0 Å². The van der Waals surface area contributed by atoms with E-state index in [9.17, 15) is 18.3 Å². The molecule has 7 nitrogen and oxygen atoms in total. The van der Waals surface area contributed by atoms with Crippen molar-refractivity contribution < 1.29 is 18.3 Å². The maximum atomic E-state index is 12.5. The summed E-state index contributed by atoms with van der Waals surface area (Å²) in [5, 5.41) is 9.17. The van der Waals surface area contributed by atoms with Crippen molar-refractivity contribution >= 4 is 16.0 Å². The Balaban J connectivity index is 2.38. The molecule has 0 aromatic carbocycles. The second-order valence-corrected chi connectivity index (χ2v) is 6.51. The molecule has 2 rings (SSSR count). The maximum Gasteiger partial charge on any atom is 0.322 e. The number of carbonyl (C=O) groups is 1. The predicted octanol–water partition coefficient (Wildman–Crippen LogP) is 0.736. The van der Waals surface area contributed by atoms with Gasteiger partial charge in [-0.3, -0.25) is 4.79 Å². The number of carboxylic acid groups (broad SMARTS) is 1. The Hall–Kier alpha value is -1.41. The Labute approximate surface area is 111 Å². The molecule has 1 aliphatic heterocycles. The molecule has 1 aromatic rings. The number of nitrogens with zero attached hydrogens (tertiary/aromatic N) is 2. The minimum atomic E-state index is -3.82. The summed E-state index contributed by atoms with van der Waals surface area (Å²) < 4.78 is 26.0. The normalized spacial score (nSPS) is 22.1. The SMILES string of the molecule is Cc1ncc(S(=O)(=O)N2CCCCCC2C(=O)O)[nH]1. The van der Waals surface area contributed by atoms with Crippen LogP contribution >= 0.6 is 0 Å². The molecule has 0 spiro atoms. The van der Waals surface area contributed by atoms with E-state index in [0.717, 1.165) is 17.1 Å². The Kier molecular flexibility index (Phi) is 3.91. The topological polar surface area (TPSA) is 103 Å². The van der Waals surface area contributed by atoms with Crippen molar-refractivity contribution in [3.05, 3.63) is 12.0 Å². The van der Waals surface area contributed by atoms with Gasteiger partial charge in [-0.15, -0.1) is 0 Å². The van der Waals surface area contributed by atoms with E-state index in [2.05, 4.69) is 9.97 Å². The van der Waals surface area contributed by atoms with Gasteiger partial charge in [0, 0.05) is 6.54 Å². The zero-order valence-corrected chi connectivity index (χ0v) is 11.5. The third-order valence-corrected chi connectivity index (χ3v) is 5.07. The molecule has 0 bridgehead atoms. The van der Waals surface area contributed by atoms with Crippen LogP contribution in [-0.4, -0.2) is 46.4 Å². The van der Waals surface area contributed by atoms with Gasteiger partial charge in [-0.25, -0.2) is 13.4 Å². The number of imidazole rings is 1. The van der Waals surface area contributed by atoms with E-state index in [0.29, 0.717) is 18.7 Å². The summed E-state index contributed by atoms with van der Waals surface area (Å²) in [6, 6.07) is -0.990. The molecule has 0 saturated carbocycles. The number of aliphatic carboxylic acids is 1. The summed E-state index contributed by atoms with van der Waals surface area (Å²) in [4.78, 5) is 17.8. The average molecular weight is 287 g/mol. The van der Waals surface area contributed by atoms with E-state index in [1.807, 2.05) is 0 Å². The van der Waals surface area contributed by atoms with Gasteiger partial charge in [-0.05, 0) is 19.8 Å². The molecule has 1 fully saturated rings. The number of aryl methyl sites for hydroxylation is 1. The first kappa shape index (κ1) is 14.0. The standard InChI is InChI=1S/C11H17N3O4S/c1-8-12-7-10(13-8)19(17,18)14-6-4-2-3-5-9(14)11(15)16/h7,9H,2-6H2,1H3,(H,12,13)(H,15,16). The van der Waals surface area contributed by atoms with Crippen molar-refractivity contribution in [2.75, 3.05) is 6.54 Å². The zero-order valence-electron chi connectivity index (χ0n) is 10.7. The van der Waals surface area contributed by atoms with E-state index in [1.165, 1.54) is 6.20 Å². The summed E-state index contributed by atoms with van der Waals surface area (Å²) in [5.74, 6) is -0.609. The van der Waals surface area contributed by atoms with Crippen molar-refractivity contribution in [2.45, 2.75) is 43.7 Å². The Morgan fingerprint density at radius 2 is 2.21 bits per heavy atom. The van der Waals surface area contributed by atoms with Gasteiger partial charge in [0.15, 0.2) is 5.03 Å². The van der Waals surface area contributed by atoms with Gasteiger partial charge in [0.1, 0.15) is 11.9 Å². The van der Waals surface area contributed by atoms with Crippen molar-refractivity contribution in [1.29, 1.82) is 0 Å². The van der Waals surface area contributed by atoms with Crippen molar-refractivity contribution in [3.8, 4) is 0 Å². The summed E-state index contributed by atoms with van der Waals surface area (Å²) >= 11 is 0. The molecule has 1 unspecified atom stereocenters. The van der Waals surface area contributed by atoms with Crippen molar-refractivity contribution in [1.82, 2.24) is 14.3 Å². The van der Waals surface area contributed by atoms with Crippen LogP contribution in [0.3, 0.4) is 0 Å². The lowest BCUT2D eigenvalue weighted by atomic mass is 10.1. The summed E-state index contributed by atoms with van der Waals surface area (Å²) in [7, 11) is -3.82. The van der Waals surface area contributed by atoms with Crippen molar-refractivity contribution in [3.63, 3.8) is 0 Å². The molecule has 0 radical (unpaired) electrons. The van der Waals surface area contributed by atoms with Crippen LogP contribution in [0.15, 0.2) is 11.2 Å². The van der Waals surface area contributed by atoms with Crippen LogP contribution in [0, 0.1) is 6.92 Å². The third kappa shape index (κ3) is 2.79. The lowest BCUT2D eigenvalue weighted by Crippen LogP contribution is -2.44. The molecule has 8 heteroatoms. The number of hydrogen-bond acceptors (Lipinski definition) is 4. The predicted molar refractivity (Wildman–Crippen MR) is 67.1 cm³/mol. The van der Waals surface area contributed by atoms with E-state index in [-0.39, 0.29) is 11.6 Å². The van der Waals surface area contributed by atoms with Crippen LogP contribution in [-0.2, 0) is 14.8 Å². The van der Waals surface area contributed by atoms with E-state index in [4.69, 9.17) is 0 Å². The first-order valence-electron chi connectivity index (χ1n) is 6.19. The summed E-state index contributed by atoms with van der Waals surface area (Å²) in [6.45, 7) is 1.88. The number of aromatic amines is 1. The molecule has 19 heavy (non-hydrogen) atoms. The minimum Gasteiger partial charge on any atom is -0.480 e. The average Bonchev–Trinajstić information content (AvgIpc) is 2.64. The van der Waals surface area contributed by atoms with Gasteiger partial charge in [-0.2, -0.15) is 4.31 Å². The number of carboxylic acids is 1. The lowest BCUT2D eigenvalue weighted by Gasteiger charge is -2.25. The van der Waals surface area contributed by atoms with Gasteiger partial charge in [0.2, 0.25) is 0 Å². The second-order valence-electron chi connectivity index (χ2n) is 4.65. The van der Waals surface area contributed by atoms with Crippen LogP contribution in [0.25, 0.3) is 0 Å². The quantitative estimate of drug-likeness (QED) is 0.853. The highest BCUT2D eigenvalue weighted by Crippen LogP contribution is 2.24. The summed E-state index contributed by atoms with van der Waals surface area (Å²) in [5.41, 5.74) is 0. The third-order valence-electron chi connectivity index (χ3n) is 3.25. The zero-order chi connectivity index (χ0) is 14.0. The Morgan fingerprint density at radius 3 is 2.79 bits per heavy atom. The number of rotatable bonds is 3. The number of H-pyrrole nitrogens is 1. The molecule has 1 aliphatic rings. The van der Waals surface area contributed by atoms with Gasteiger partial charge < -0.3 is 10.1 Å². The van der Waals surface area contributed by atoms with Gasteiger partial charge in [0.25, 0.3) is 10.0 Å². The van der Waals surface area contributed by atoms with Gasteiger partial charge in [0.05, 0.1) is 6.20 Å². The van der Waals surface area contributed by atoms with E-state index in [1.54, 1.807) is 6.92 Å². The lowest BCUT2D eigenvalue weighted by molar-refractivity contribution is -0.141.